The van der Waals surface area contributed by atoms with Crippen molar-refractivity contribution in [3.05, 3.63) is 230 Å². The van der Waals surface area contributed by atoms with Crippen LogP contribution in [0, 0.1) is 11.3 Å². The van der Waals surface area contributed by atoms with E-state index in [1.54, 1.807) is 0 Å². The van der Waals surface area contributed by atoms with Gasteiger partial charge in [-0.25, -0.2) is 0 Å². The lowest BCUT2D eigenvalue weighted by atomic mass is 9.85. The van der Waals surface area contributed by atoms with Crippen LogP contribution in [0.2, 0.25) is 0 Å². The molecule has 286 valence electrons. The lowest BCUT2D eigenvalue weighted by molar-refractivity contribution is 1.50. The third-order valence-electron chi connectivity index (χ3n) is 12.8. The molecule has 1 aliphatic rings. The van der Waals surface area contributed by atoms with E-state index in [0.29, 0.717) is 5.56 Å². The van der Waals surface area contributed by atoms with Crippen molar-refractivity contribution in [2.24, 2.45) is 0 Å². The molecule has 0 aliphatic heterocycles. The molecule has 0 fully saturated rings. The molecule has 0 bridgehead atoms. The predicted octanol–water partition coefficient (Wildman–Crippen LogP) is 16.7. The molecule has 11 aromatic rings. The largest absolute Gasteiger partial charge is 0.192 e. The summed E-state index contributed by atoms with van der Waals surface area (Å²) in [6, 6.07) is 83.8. The van der Waals surface area contributed by atoms with Gasteiger partial charge in [0.15, 0.2) is 0 Å². The molecular formula is C61H37N. The number of rotatable bonds is 6. The summed E-state index contributed by atoms with van der Waals surface area (Å²) in [6.45, 7) is 0. The lowest BCUT2D eigenvalue weighted by Gasteiger charge is -2.18. The summed E-state index contributed by atoms with van der Waals surface area (Å²) in [5.74, 6) is 0. The fraction of sp³-hybridized carbons (Fsp3) is 0. The molecule has 0 spiro atoms. The third-order valence-corrected chi connectivity index (χ3v) is 12.8. The smallest absolute Gasteiger partial charge is 0.0991 e. The molecule has 1 heteroatoms. The number of hydrogen-bond donors (Lipinski definition) is 0. The zero-order valence-corrected chi connectivity index (χ0v) is 33.8. The van der Waals surface area contributed by atoms with Crippen LogP contribution in [0.3, 0.4) is 0 Å². The summed E-state index contributed by atoms with van der Waals surface area (Å²) in [5.41, 5.74) is 20.1. The van der Waals surface area contributed by atoms with Crippen molar-refractivity contribution in [1.82, 2.24) is 0 Å². The van der Waals surface area contributed by atoms with Gasteiger partial charge in [0.1, 0.15) is 0 Å². The Bertz CT molecular complexity index is 3520. The van der Waals surface area contributed by atoms with Crippen molar-refractivity contribution in [2.45, 2.75) is 0 Å². The molecule has 0 radical (unpaired) electrons. The second-order valence-electron chi connectivity index (χ2n) is 16.3. The molecule has 62 heavy (non-hydrogen) atoms. The second-order valence-corrected chi connectivity index (χ2v) is 16.3. The molecular weight excluding hydrogens is 747 g/mol. The first-order chi connectivity index (χ1) is 30.7. The standard InChI is InChI=1S/C61H37N/c62-38-39-19-20-42-23-26-45(34-46(42)33-39)51-28-30-57-54-17-9-10-18-55(54)58-31-32-59(60(51)61(57)58)56-29-27-50(52-15-7-8-16-53(52)56)44-24-21-43(22-25-44)49-36-47(40-11-3-1-4-12-40)35-48(37-49)41-13-5-2-6-14-41/h1-37H. The van der Waals surface area contributed by atoms with Crippen LogP contribution in [-0.4, -0.2) is 0 Å². The Morgan fingerprint density at radius 3 is 1.29 bits per heavy atom. The number of fused-ring (bicyclic) bond motifs is 5. The van der Waals surface area contributed by atoms with Crippen LogP contribution in [0.1, 0.15) is 5.56 Å². The van der Waals surface area contributed by atoms with Crippen molar-refractivity contribution in [3.8, 4) is 95.1 Å². The van der Waals surface area contributed by atoms with Gasteiger partial charge in [-0.05, 0) is 158 Å². The van der Waals surface area contributed by atoms with Gasteiger partial charge < -0.3 is 0 Å². The molecule has 0 atom stereocenters. The van der Waals surface area contributed by atoms with Crippen molar-refractivity contribution in [1.29, 1.82) is 5.26 Å². The molecule has 12 rings (SSSR count). The van der Waals surface area contributed by atoms with Crippen molar-refractivity contribution >= 4 is 32.3 Å². The minimum absolute atomic E-state index is 0.668. The van der Waals surface area contributed by atoms with Crippen molar-refractivity contribution < 1.29 is 0 Å². The molecule has 0 saturated heterocycles. The summed E-state index contributed by atoms with van der Waals surface area (Å²) in [5, 5.41) is 16.9. The molecule has 11 aromatic carbocycles. The van der Waals surface area contributed by atoms with E-state index >= 15 is 0 Å². The van der Waals surface area contributed by atoms with E-state index in [4.69, 9.17) is 0 Å². The highest BCUT2D eigenvalue weighted by atomic mass is 14.3. The summed E-state index contributed by atoms with van der Waals surface area (Å²) < 4.78 is 0. The van der Waals surface area contributed by atoms with Gasteiger partial charge in [0.05, 0.1) is 11.6 Å². The van der Waals surface area contributed by atoms with Gasteiger partial charge in [-0.3, -0.25) is 0 Å². The average Bonchev–Trinajstić information content (AvgIpc) is 3.68. The molecule has 0 heterocycles. The van der Waals surface area contributed by atoms with Gasteiger partial charge in [0, 0.05) is 0 Å². The minimum atomic E-state index is 0.668. The van der Waals surface area contributed by atoms with Gasteiger partial charge >= 0.3 is 0 Å². The molecule has 1 nitrogen and oxygen atoms in total. The van der Waals surface area contributed by atoms with Crippen LogP contribution in [-0.2, 0) is 0 Å². The highest BCUT2D eigenvalue weighted by Crippen LogP contribution is 2.53. The fourth-order valence-electron chi connectivity index (χ4n) is 9.86. The molecule has 0 amide bonds. The fourth-order valence-corrected chi connectivity index (χ4v) is 9.86. The monoisotopic (exact) mass is 783 g/mol. The number of hydrogen-bond acceptors (Lipinski definition) is 1. The van der Waals surface area contributed by atoms with Gasteiger partial charge in [0.25, 0.3) is 0 Å². The van der Waals surface area contributed by atoms with Crippen LogP contribution >= 0.6 is 0 Å². The van der Waals surface area contributed by atoms with Crippen LogP contribution in [0.4, 0.5) is 0 Å². The zero-order valence-electron chi connectivity index (χ0n) is 33.8. The topological polar surface area (TPSA) is 23.8 Å². The highest BCUT2D eigenvalue weighted by molar-refractivity contribution is 6.24. The summed E-state index contributed by atoms with van der Waals surface area (Å²) in [7, 11) is 0. The van der Waals surface area contributed by atoms with E-state index in [2.05, 4.69) is 212 Å². The first kappa shape index (κ1) is 35.6. The van der Waals surface area contributed by atoms with Gasteiger partial charge in [-0.2, -0.15) is 5.26 Å². The SMILES string of the molecule is N#Cc1ccc2ccc(-c3ccc4c5c(ccc(-c6ccc(-c7ccc(-c8cc(-c9ccccc9)cc(-c9ccccc9)c8)cc7)c7ccccc67)c35)-c3ccccc3-4)cc2c1. The molecule has 0 saturated carbocycles. The Morgan fingerprint density at radius 2 is 0.677 bits per heavy atom. The second kappa shape index (κ2) is 14.5. The average molecular weight is 784 g/mol. The summed E-state index contributed by atoms with van der Waals surface area (Å²) >= 11 is 0. The first-order valence-electron chi connectivity index (χ1n) is 21.2. The van der Waals surface area contributed by atoms with E-state index < -0.39 is 0 Å². The quantitative estimate of drug-likeness (QED) is 0.165. The van der Waals surface area contributed by atoms with Crippen molar-refractivity contribution in [2.75, 3.05) is 0 Å². The molecule has 0 aromatic heterocycles. The third kappa shape index (κ3) is 5.85. The Kier molecular flexibility index (Phi) is 8.30. The predicted molar refractivity (Wildman–Crippen MR) is 261 cm³/mol. The highest BCUT2D eigenvalue weighted by Gasteiger charge is 2.25. The van der Waals surface area contributed by atoms with E-state index in [1.807, 2.05) is 18.2 Å². The normalized spacial score (nSPS) is 11.5. The maximum Gasteiger partial charge on any atom is 0.0991 e. The van der Waals surface area contributed by atoms with E-state index in [0.717, 1.165) is 16.3 Å². The summed E-state index contributed by atoms with van der Waals surface area (Å²) in [6.07, 6.45) is 0. The van der Waals surface area contributed by atoms with Crippen LogP contribution in [0.25, 0.3) is 121 Å². The maximum absolute atomic E-state index is 9.72. The van der Waals surface area contributed by atoms with E-state index in [1.165, 1.54) is 105 Å². The van der Waals surface area contributed by atoms with Gasteiger partial charge in [-0.15, -0.1) is 0 Å². The molecule has 0 N–H and O–H groups in total. The van der Waals surface area contributed by atoms with Gasteiger partial charge in [0.2, 0.25) is 0 Å². The Labute approximate surface area is 361 Å². The van der Waals surface area contributed by atoms with Crippen molar-refractivity contribution in [3.63, 3.8) is 0 Å². The maximum atomic E-state index is 9.72. The minimum Gasteiger partial charge on any atom is -0.192 e. The van der Waals surface area contributed by atoms with E-state index in [-0.39, 0.29) is 0 Å². The lowest BCUT2D eigenvalue weighted by Crippen LogP contribution is -1.91. The Morgan fingerprint density at radius 1 is 0.242 bits per heavy atom. The molecule has 0 unspecified atom stereocenters. The first-order valence-corrected chi connectivity index (χ1v) is 21.2. The Hall–Kier alpha value is -8.31. The number of benzene rings is 11. The molecule has 1 aliphatic carbocycles. The van der Waals surface area contributed by atoms with Gasteiger partial charge in [-0.1, -0.05) is 188 Å². The van der Waals surface area contributed by atoms with Crippen LogP contribution in [0.5, 0.6) is 0 Å². The Balaban J connectivity index is 1.00. The summed E-state index contributed by atoms with van der Waals surface area (Å²) in [4.78, 5) is 0. The van der Waals surface area contributed by atoms with Crippen LogP contribution < -0.4 is 0 Å². The zero-order chi connectivity index (χ0) is 41.1. The van der Waals surface area contributed by atoms with Crippen LogP contribution in [0.15, 0.2) is 224 Å². The van der Waals surface area contributed by atoms with E-state index in [9.17, 15) is 5.26 Å². The number of nitriles is 1. The number of nitrogens with zero attached hydrogens (tertiary/aromatic N) is 1.